The van der Waals surface area contributed by atoms with Gasteiger partial charge in [0.1, 0.15) is 5.75 Å². The predicted molar refractivity (Wildman–Crippen MR) is 99.1 cm³/mol. The number of ether oxygens (including phenoxy) is 1. The van der Waals surface area contributed by atoms with Crippen LogP contribution in [0.1, 0.15) is 31.9 Å². The van der Waals surface area contributed by atoms with Gasteiger partial charge in [-0.2, -0.15) is 0 Å². The average Bonchev–Trinajstić information content (AvgIpc) is 2.50. The molecule has 0 aliphatic carbocycles. The van der Waals surface area contributed by atoms with Crippen LogP contribution >= 0.6 is 23.2 Å². The highest BCUT2D eigenvalue weighted by atomic mass is 35.5. The summed E-state index contributed by atoms with van der Waals surface area (Å²) in [4.78, 5) is 0. The van der Waals surface area contributed by atoms with Crippen LogP contribution in [0.25, 0.3) is 6.08 Å². The van der Waals surface area contributed by atoms with Gasteiger partial charge in [-0.05, 0) is 33.8 Å². The number of methoxy groups -OCH3 is 1. The molecule has 0 saturated heterocycles. The summed E-state index contributed by atoms with van der Waals surface area (Å²) >= 11 is 12.7. The topological polar surface area (TPSA) is 9.23 Å². The van der Waals surface area contributed by atoms with E-state index in [1.165, 1.54) is 5.57 Å². The summed E-state index contributed by atoms with van der Waals surface area (Å²) in [5, 5.41) is 1.20. The van der Waals surface area contributed by atoms with Crippen LogP contribution in [0.2, 0.25) is 10.0 Å². The summed E-state index contributed by atoms with van der Waals surface area (Å²) in [5.74, 6) is 0.698. The fraction of sp³-hybridized carbons (Fsp3) is 0.263. The zero-order valence-corrected chi connectivity index (χ0v) is 15.2. The molecule has 0 amide bonds. The molecule has 0 unspecified atom stereocenters. The Kier molecular flexibility index (Phi) is 7.50. The van der Waals surface area contributed by atoms with Gasteiger partial charge >= 0.3 is 0 Å². The van der Waals surface area contributed by atoms with Gasteiger partial charge in [0, 0.05) is 11.1 Å². The lowest BCUT2D eigenvalue weighted by Gasteiger charge is -2.10. The van der Waals surface area contributed by atoms with Crippen LogP contribution in [0.15, 0.2) is 47.6 Å². The number of hydrogen-bond donors (Lipinski definition) is 0. The minimum absolute atomic E-state index is 0.580. The molecule has 0 bridgehead atoms. The second kappa shape index (κ2) is 8.87. The maximum absolute atomic E-state index is 6.37. The van der Waals surface area contributed by atoms with Crippen molar-refractivity contribution in [3.05, 3.63) is 68.8 Å². The molecule has 0 heterocycles. The lowest BCUT2D eigenvalue weighted by atomic mass is 10.1. The van der Waals surface area contributed by atoms with Gasteiger partial charge in [0.05, 0.1) is 17.2 Å². The largest absolute Gasteiger partial charge is 0.496 e. The Bertz CT molecular complexity index is 650. The van der Waals surface area contributed by atoms with Crippen molar-refractivity contribution in [1.82, 2.24) is 0 Å². The van der Waals surface area contributed by atoms with E-state index in [-0.39, 0.29) is 0 Å². The minimum Gasteiger partial charge on any atom is -0.496 e. The minimum atomic E-state index is 0.580. The van der Waals surface area contributed by atoms with Crippen LogP contribution in [0.4, 0.5) is 0 Å². The number of halogens is 2. The highest BCUT2D eigenvalue weighted by Crippen LogP contribution is 2.35. The monoisotopic (exact) mass is 336 g/mol. The average molecular weight is 337 g/mol. The molecule has 0 spiro atoms. The molecule has 0 aliphatic rings. The first-order chi connectivity index (χ1) is 10.4. The Balaban J connectivity index is 3.02. The van der Waals surface area contributed by atoms with E-state index in [2.05, 4.69) is 19.1 Å². The van der Waals surface area contributed by atoms with E-state index in [4.69, 9.17) is 27.9 Å². The van der Waals surface area contributed by atoms with E-state index in [0.717, 1.165) is 16.7 Å². The van der Waals surface area contributed by atoms with Gasteiger partial charge in [-0.1, -0.05) is 70.8 Å². The van der Waals surface area contributed by atoms with Gasteiger partial charge in [-0.25, -0.2) is 0 Å². The van der Waals surface area contributed by atoms with Crippen LogP contribution in [0, 0.1) is 6.92 Å². The highest BCUT2D eigenvalue weighted by molar-refractivity contribution is 6.37. The molecule has 0 saturated carbocycles. The van der Waals surface area contributed by atoms with E-state index in [0.29, 0.717) is 15.8 Å². The molecule has 118 valence electrons. The quantitative estimate of drug-likeness (QED) is 0.537. The summed E-state index contributed by atoms with van der Waals surface area (Å²) < 4.78 is 5.25. The maximum atomic E-state index is 6.37. The standard InChI is InChI=1S/C19H22Cl2O/c1-6-13(2)8-7-9-14(3)10-11-16-17(20)12-18(22-5)15(4)19(16)21/h6-12H,1-5H3. The summed E-state index contributed by atoms with van der Waals surface area (Å²) in [5.41, 5.74) is 4.03. The molecular formula is C19H22Cl2O. The molecule has 1 aromatic carbocycles. The fourth-order valence-corrected chi connectivity index (χ4v) is 2.36. The second-order valence-corrected chi connectivity index (χ2v) is 5.83. The number of allylic oxidation sites excluding steroid dienone is 7. The van der Waals surface area contributed by atoms with Crippen molar-refractivity contribution in [2.24, 2.45) is 0 Å². The zero-order chi connectivity index (χ0) is 16.7. The zero-order valence-electron chi connectivity index (χ0n) is 13.7. The van der Waals surface area contributed by atoms with Crippen LogP contribution in [-0.4, -0.2) is 7.11 Å². The third-order valence-corrected chi connectivity index (χ3v) is 4.16. The lowest BCUT2D eigenvalue weighted by Crippen LogP contribution is -1.91. The van der Waals surface area contributed by atoms with Crippen LogP contribution in [-0.2, 0) is 0 Å². The second-order valence-electron chi connectivity index (χ2n) is 5.05. The molecule has 0 atom stereocenters. The van der Waals surface area contributed by atoms with Gasteiger partial charge in [0.2, 0.25) is 0 Å². The maximum Gasteiger partial charge on any atom is 0.124 e. The SMILES string of the molecule is CC=C(C)C=CC=C(C)C=Cc1c(Cl)cc(OC)c(C)c1Cl. The Morgan fingerprint density at radius 1 is 1.14 bits per heavy atom. The molecule has 3 heteroatoms. The van der Waals surface area contributed by atoms with Crippen molar-refractivity contribution in [1.29, 1.82) is 0 Å². The van der Waals surface area contributed by atoms with Crippen molar-refractivity contribution in [3.63, 3.8) is 0 Å². The molecule has 1 nitrogen and oxygen atoms in total. The van der Waals surface area contributed by atoms with E-state index >= 15 is 0 Å². The normalized spacial score (nSPS) is 13.4. The van der Waals surface area contributed by atoms with Crippen molar-refractivity contribution in [3.8, 4) is 5.75 Å². The predicted octanol–water partition coefficient (Wildman–Crippen LogP) is 6.79. The van der Waals surface area contributed by atoms with E-state index in [1.54, 1.807) is 13.2 Å². The molecular weight excluding hydrogens is 315 g/mol. The highest BCUT2D eigenvalue weighted by Gasteiger charge is 2.11. The Hall–Kier alpha value is -1.44. The molecule has 1 aromatic rings. The third kappa shape index (κ3) is 5.08. The molecule has 22 heavy (non-hydrogen) atoms. The van der Waals surface area contributed by atoms with Gasteiger partial charge in [-0.3, -0.25) is 0 Å². The van der Waals surface area contributed by atoms with Crippen molar-refractivity contribution < 1.29 is 4.74 Å². The van der Waals surface area contributed by atoms with E-state index < -0.39 is 0 Å². The van der Waals surface area contributed by atoms with Crippen LogP contribution in [0.3, 0.4) is 0 Å². The third-order valence-electron chi connectivity index (χ3n) is 3.36. The Morgan fingerprint density at radius 3 is 2.41 bits per heavy atom. The van der Waals surface area contributed by atoms with Crippen molar-refractivity contribution >= 4 is 29.3 Å². The van der Waals surface area contributed by atoms with E-state index in [9.17, 15) is 0 Å². The first-order valence-electron chi connectivity index (χ1n) is 7.09. The summed E-state index contributed by atoms with van der Waals surface area (Å²) in [7, 11) is 1.61. The smallest absolute Gasteiger partial charge is 0.124 e. The molecule has 0 aromatic heterocycles. The number of rotatable bonds is 5. The molecule has 0 fully saturated rings. The molecule has 0 N–H and O–H groups in total. The Morgan fingerprint density at radius 2 is 1.82 bits per heavy atom. The van der Waals surface area contributed by atoms with Crippen molar-refractivity contribution in [2.45, 2.75) is 27.7 Å². The van der Waals surface area contributed by atoms with Gasteiger partial charge in [0.25, 0.3) is 0 Å². The molecule has 0 radical (unpaired) electrons. The van der Waals surface area contributed by atoms with Gasteiger partial charge in [-0.15, -0.1) is 0 Å². The van der Waals surface area contributed by atoms with Gasteiger partial charge in [0.15, 0.2) is 0 Å². The van der Waals surface area contributed by atoms with E-state index in [1.807, 2.05) is 45.1 Å². The summed E-state index contributed by atoms with van der Waals surface area (Å²) in [6.07, 6.45) is 12.1. The Labute approximate surface area is 143 Å². The van der Waals surface area contributed by atoms with Crippen molar-refractivity contribution in [2.75, 3.05) is 7.11 Å². The van der Waals surface area contributed by atoms with Gasteiger partial charge < -0.3 is 4.74 Å². The number of hydrogen-bond acceptors (Lipinski definition) is 1. The first kappa shape index (κ1) is 18.6. The van der Waals surface area contributed by atoms with Crippen LogP contribution < -0.4 is 4.74 Å². The summed E-state index contributed by atoms with van der Waals surface area (Å²) in [6.45, 7) is 8.03. The fourth-order valence-electron chi connectivity index (χ4n) is 1.80. The molecule has 1 rings (SSSR count). The van der Waals surface area contributed by atoms with Crippen LogP contribution in [0.5, 0.6) is 5.75 Å². The first-order valence-corrected chi connectivity index (χ1v) is 7.84. The molecule has 0 aliphatic heterocycles. The number of benzene rings is 1. The lowest BCUT2D eigenvalue weighted by molar-refractivity contribution is 0.412. The summed E-state index contributed by atoms with van der Waals surface area (Å²) in [6, 6.07) is 1.79.